The van der Waals surface area contributed by atoms with E-state index in [-0.39, 0.29) is 22.7 Å². The minimum Gasteiger partial charge on any atom is -0.353 e. The molecular weight excluding hydrogens is 246 g/mol. The molecule has 0 radical (unpaired) electrons. The second-order valence-corrected chi connectivity index (χ2v) is 7.50. The number of hydrogen-bond acceptors (Lipinski definition) is 1. The molecule has 3 heteroatoms. The van der Waals surface area contributed by atoms with E-state index in [1.165, 1.54) is 12.8 Å². The molecule has 0 bridgehead atoms. The topological polar surface area (TPSA) is 29.1 Å². The Balaban J connectivity index is 1.96. The fourth-order valence-electron chi connectivity index (χ4n) is 3.70. The lowest BCUT2D eigenvalue weighted by atomic mass is 9.85. The quantitative estimate of drug-likeness (QED) is 0.781. The molecule has 2 nitrogen and oxygen atoms in total. The van der Waals surface area contributed by atoms with Crippen molar-refractivity contribution < 1.29 is 4.79 Å². The van der Waals surface area contributed by atoms with Gasteiger partial charge in [-0.25, -0.2) is 0 Å². The summed E-state index contributed by atoms with van der Waals surface area (Å²) in [6, 6.07) is 0.302. The summed E-state index contributed by atoms with van der Waals surface area (Å²) < 4.78 is 0. The van der Waals surface area contributed by atoms with Gasteiger partial charge in [0.25, 0.3) is 0 Å². The van der Waals surface area contributed by atoms with Crippen LogP contribution in [0.15, 0.2) is 0 Å². The Hall–Kier alpha value is -0.240. The average Bonchev–Trinajstić information content (AvgIpc) is 2.70. The predicted molar refractivity (Wildman–Crippen MR) is 75.7 cm³/mol. The summed E-state index contributed by atoms with van der Waals surface area (Å²) >= 11 is 6.01. The van der Waals surface area contributed by atoms with Gasteiger partial charge < -0.3 is 5.32 Å². The number of nitrogens with one attached hydrogen (secondary N) is 1. The molecule has 2 atom stereocenters. The van der Waals surface area contributed by atoms with Crippen LogP contribution in [0.1, 0.15) is 53.4 Å². The summed E-state index contributed by atoms with van der Waals surface area (Å²) in [5.74, 6) is 1.53. The number of hydrogen-bond donors (Lipinski definition) is 1. The van der Waals surface area contributed by atoms with E-state index in [1.807, 2.05) is 0 Å². The summed E-state index contributed by atoms with van der Waals surface area (Å²) in [7, 11) is 0. The molecule has 0 heterocycles. The maximum Gasteiger partial charge on any atom is 0.224 e. The molecule has 104 valence electrons. The Kier molecular flexibility index (Phi) is 3.70. The summed E-state index contributed by atoms with van der Waals surface area (Å²) in [6.45, 7) is 8.77. The van der Waals surface area contributed by atoms with Crippen molar-refractivity contribution in [2.45, 2.75) is 59.4 Å². The van der Waals surface area contributed by atoms with E-state index in [9.17, 15) is 4.79 Å². The van der Waals surface area contributed by atoms with Gasteiger partial charge in [-0.2, -0.15) is 0 Å². The molecule has 1 N–H and O–H groups in total. The van der Waals surface area contributed by atoms with Crippen LogP contribution in [0.5, 0.6) is 0 Å². The van der Waals surface area contributed by atoms with Crippen LogP contribution < -0.4 is 5.32 Å². The van der Waals surface area contributed by atoms with Gasteiger partial charge in [-0.05, 0) is 29.6 Å². The SMILES string of the molecule is CC1(C)C(C(=O)NC2CCCCC2CCl)C1(C)C. The first-order valence-corrected chi connectivity index (χ1v) is 7.72. The normalized spacial score (nSPS) is 34.1. The smallest absolute Gasteiger partial charge is 0.224 e. The van der Waals surface area contributed by atoms with Crippen molar-refractivity contribution >= 4 is 17.5 Å². The molecule has 2 fully saturated rings. The number of carbonyl (C=O) groups excluding carboxylic acids is 1. The van der Waals surface area contributed by atoms with Gasteiger partial charge in [-0.1, -0.05) is 40.5 Å². The first-order chi connectivity index (χ1) is 8.32. The largest absolute Gasteiger partial charge is 0.353 e. The molecule has 0 spiro atoms. The van der Waals surface area contributed by atoms with Crippen LogP contribution in [0.4, 0.5) is 0 Å². The van der Waals surface area contributed by atoms with Crippen LogP contribution in [-0.4, -0.2) is 17.8 Å². The van der Waals surface area contributed by atoms with Crippen molar-refractivity contribution in [1.82, 2.24) is 5.32 Å². The van der Waals surface area contributed by atoms with Crippen LogP contribution in [0, 0.1) is 22.7 Å². The number of alkyl halides is 1. The van der Waals surface area contributed by atoms with E-state index in [1.54, 1.807) is 0 Å². The third-order valence-electron chi connectivity index (χ3n) is 5.72. The van der Waals surface area contributed by atoms with Crippen molar-refractivity contribution in [3.8, 4) is 0 Å². The molecule has 1 amide bonds. The number of carbonyl (C=O) groups is 1. The molecule has 2 aliphatic rings. The van der Waals surface area contributed by atoms with Crippen LogP contribution in [-0.2, 0) is 4.79 Å². The zero-order valence-corrected chi connectivity index (χ0v) is 12.8. The van der Waals surface area contributed by atoms with E-state index < -0.39 is 0 Å². The van der Waals surface area contributed by atoms with Crippen LogP contribution in [0.2, 0.25) is 0 Å². The third kappa shape index (κ3) is 2.17. The van der Waals surface area contributed by atoms with Crippen molar-refractivity contribution in [2.75, 3.05) is 5.88 Å². The van der Waals surface area contributed by atoms with Gasteiger partial charge >= 0.3 is 0 Å². The molecule has 18 heavy (non-hydrogen) atoms. The Morgan fingerprint density at radius 3 is 2.22 bits per heavy atom. The van der Waals surface area contributed by atoms with E-state index in [2.05, 4.69) is 33.0 Å². The number of halogens is 1. The van der Waals surface area contributed by atoms with Gasteiger partial charge in [0.05, 0.1) is 0 Å². The number of rotatable bonds is 3. The Labute approximate surface area is 116 Å². The third-order valence-corrected chi connectivity index (χ3v) is 6.11. The second-order valence-electron chi connectivity index (χ2n) is 7.19. The van der Waals surface area contributed by atoms with E-state index in [0.717, 1.165) is 12.8 Å². The first-order valence-electron chi connectivity index (χ1n) is 7.18. The lowest BCUT2D eigenvalue weighted by Crippen LogP contribution is -2.44. The highest BCUT2D eigenvalue weighted by Gasteiger charge is 2.68. The van der Waals surface area contributed by atoms with E-state index >= 15 is 0 Å². The van der Waals surface area contributed by atoms with Crippen molar-refractivity contribution in [2.24, 2.45) is 22.7 Å². The zero-order chi connectivity index (χ0) is 13.6. The average molecular weight is 272 g/mol. The Bertz CT molecular complexity index is 323. The molecule has 2 unspecified atom stereocenters. The maximum atomic E-state index is 12.4. The van der Waals surface area contributed by atoms with Crippen molar-refractivity contribution in [3.05, 3.63) is 0 Å². The Morgan fingerprint density at radius 1 is 1.17 bits per heavy atom. The van der Waals surface area contributed by atoms with Crippen LogP contribution in [0.25, 0.3) is 0 Å². The molecule has 0 aromatic carbocycles. The molecule has 0 aliphatic heterocycles. The summed E-state index contributed by atoms with van der Waals surface area (Å²) in [5, 5.41) is 3.27. The van der Waals surface area contributed by atoms with E-state index in [4.69, 9.17) is 11.6 Å². The van der Waals surface area contributed by atoms with E-state index in [0.29, 0.717) is 17.8 Å². The van der Waals surface area contributed by atoms with Gasteiger partial charge in [0.2, 0.25) is 5.91 Å². The molecule has 0 saturated heterocycles. The highest BCUT2D eigenvalue weighted by Crippen LogP contribution is 2.68. The lowest BCUT2D eigenvalue weighted by Gasteiger charge is -2.31. The van der Waals surface area contributed by atoms with Crippen molar-refractivity contribution in [3.63, 3.8) is 0 Å². The van der Waals surface area contributed by atoms with Gasteiger partial charge in [0.15, 0.2) is 0 Å². The maximum absolute atomic E-state index is 12.4. The molecule has 0 aromatic heterocycles. The highest BCUT2D eigenvalue weighted by molar-refractivity contribution is 6.18. The molecule has 2 saturated carbocycles. The van der Waals surface area contributed by atoms with Crippen LogP contribution >= 0.6 is 11.6 Å². The monoisotopic (exact) mass is 271 g/mol. The fourth-order valence-corrected chi connectivity index (χ4v) is 4.07. The second kappa shape index (κ2) is 4.70. The van der Waals surface area contributed by atoms with Crippen molar-refractivity contribution in [1.29, 1.82) is 0 Å². The van der Waals surface area contributed by atoms with Gasteiger partial charge in [-0.3, -0.25) is 4.79 Å². The standard InChI is InChI=1S/C15H26ClNO/c1-14(2)12(15(14,3)4)13(18)17-11-8-6-5-7-10(11)9-16/h10-12H,5-9H2,1-4H3,(H,17,18). The fraction of sp³-hybridized carbons (Fsp3) is 0.933. The zero-order valence-electron chi connectivity index (χ0n) is 12.1. The van der Waals surface area contributed by atoms with Gasteiger partial charge in [-0.15, -0.1) is 11.6 Å². The Morgan fingerprint density at radius 2 is 1.72 bits per heavy atom. The molecular formula is C15H26ClNO. The first kappa shape index (κ1) is 14.2. The highest BCUT2D eigenvalue weighted by atomic mass is 35.5. The summed E-state index contributed by atoms with van der Waals surface area (Å²) in [5.41, 5.74) is 0.254. The van der Waals surface area contributed by atoms with Crippen LogP contribution in [0.3, 0.4) is 0 Å². The van der Waals surface area contributed by atoms with Gasteiger partial charge in [0, 0.05) is 17.8 Å². The number of amides is 1. The lowest BCUT2D eigenvalue weighted by molar-refractivity contribution is -0.124. The van der Waals surface area contributed by atoms with Gasteiger partial charge in [0.1, 0.15) is 0 Å². The molecule has 2 rings (SSSR count). The molecule has 2 aliphatic carbocycles. The molecule has 0 aromatic rings. The summed E-state index contributed by atoms with van der Waals surface area (Å²) in [6.07, 6.45) is 4.72. The predicted octanol–water partition coefficient (Wildman–Crippen LogP) is 3.58. The summed E-state index contributed by atoms with van der Waals surface area (Å²) in [4.78, 5) is 12.4. The minimum absolute atomic E-state index is 0.127. The minimum atomic E-state index is 0.127.